The summed E-state index contributed by atoms with van der Waals surface area (Å²) < 4.78 is 5.24. The number of hydrogen-bond donors (Lipinski definition) is 1. The summed E-state index contributed by atoms with van der Waals surface area (Å²) in [5, 5.41) is 11.1. The first kappa shape index (κ1) is 15.3. The second-order valence-electron chi connectivity index (χ2n) is 5.46. The van der Waals surface area contributed by atoms with Crippen molar-refractivity contribution in [3.05, 3.63) is 34.3 Å². The molecular weight excluding hydrogens is 278 g/mol. The monoisotopic (exact) mass is 297 g/mol. The van der Waals surface area contributed by atoms with E-state index >= 15 is 0 Å². The van der Waals surface area contributed by atoms with E-state index in [-0.39, 0.29) is 5.91 Å². The molecule has 0 aromatic heterocycles. The molecule has 4 nitrogen and oxygen atoms in total. The minimum atomic E-state index is -0.843. The van der Waals surface area contributed by atoms with Crippen LogP contribution in [-0.2, 0) is 4.74 Å². The number of aliphatic hydroxyl groups is 1. The van der Waals surface area contributed by atoms with E-state index < -0.39 is 5.60 Å². The average molecular weight is 298 g/mol. The molecule has 5 heteroatoms. The number of amides is 1. The fourth-order valence-electron chi connectivity index (χ4n) is 2.42. The molecule has 1 aromatic carbocycles. The molecular formula is C15H20ClNO3. The van der Waals surface area contributed by atoms with Crippen LogP contribution in [0.3, 0.4) is 0 Å². The van der Waals surface area contributed by atoms with Gasteiger partial charge in [-0.2, -0.15) is 0 Å². The molecule has 0 bridgehead atoms. The Morgan fingerprint density at radius 2 is 2.10 bits per heavy atom. The van der Waals surface area contributed by atoms with Gasteiger partial charge in [0, 0.05) is 50.2 Å². The average Bonchev–Trinajstić information content (AvgIpc) is 2.41. The molecule has 110 valence electrons. The molecule has 0 aliphatic carbocycles. The van der Waals surface area contributed by atoms with Crippen molar-refractivity contribution < 1.29 is 14.6 Å². The van der Waals surface area contributed by atoms with Crippen LogP contribution in [-0.4, -0.2) is 48.3 Å². The molecule has 0 spiro atoms. The Bertz CT molecular complexity index is 498. The van der Waals surface area contributed by atoms with Gasteiger partial charge in [0.05, 0.1) is 5.60 Å². The van der Waals surface area contributed by atoms with Crippen molar-refractivity contribution >= 4 is 17.5 Å². The molecule has 0 radical (unpaired) electrons. The highest BCUT2D eigenvalue weighted by atomic mass is 35.5. The maximum atomic E-state index is 12.4. The number of benzene rings is 1. The minimum Gasteiger partial charge on any atom is -0.388 e. The number of rotatable bonds is 3. The number of nitrogens with zero attached hydrogens (tertiary/aromatic N) is 1. The lowest BCUT2D eigenvalue weighted by Crippen LogP contribution is -2.47. The first-order valence-corrected chi connectivity index (χ1v) is 7.11. The van der Waals surface area contributed by atoms with Crippen molar-refractivity contribution in [2.75, 3.05) is 26.8 Å². The predicted octanol–water partition coefficient (Wildman–Crippen LogP) is 2.26. The van der Waals surface area contributed by atoms with Gasteiger partial charge < -0.3 is 14.7 Å². The molecule has 1 N–H and O–H groups in total. The standard InChI is InChI=1S/C15H20ClNO3/c1-11-9-12(3-4-13(11)16)14(18)17(2)10-15(19)5-7-20-8-6-15/h3-4,9,19H,5-8,10H2,1-2H3. The second-order valence-corrected chi connectivity index (χ2v) is 5.87. The van der Waals surface area contributed by atoms with Gasteiger partial charge in [-0.1, -0.05) is 11.6 Å². The third kappa shape index (κ3) is 3.51. The molecule has 0 saturated carbocycles. The van der Waals surface area contributed by atoms with Crippen molar-refractivity contribution in [1.29, 1.82) is 0 Å². The van der Waals surface area contributed by atoms with Crippen molar-refractivity contribution in [2.24, 2.45) is 0 Å². The third-order valence-electron chi connectivity index (χ3n) is 3.71. The van der Waals surface area contributed by atoms with Crippen LogP contribution in [0.25, 0.3) is 0 Å². The van der Waals surface area contributed by atoms with Gasteiger partial charge in [-0.25, -0.2) is 0 Å². The zero-order valence-electron chi connectivity index (χ0n) is 11.9. The SMILES string of the molecule is Cc1cc(C(=O)N(C)CC2(O)CCOCC2)ccc1Cl. The fraction of sp³-hybridized carbons (Fsp3) is 0.533. The number of ether oxygens (including phenoxy) is 1. The van der Waals surface area contributed by atoms with Crippen molar-refractivity contribution in [3.8, 4) is 0 Å². The molecule has 1 aliphatic heterocycles. The highest BCUT2D eigenvalue weighted by Crippen LogP contribution is 2.23. The molecule has 0 atom stereocenters. The quantitative estimate of drug-likeness (QED) is 0.931. The van der Waals surface area contributed by atoms with Crippen LogP contribution in [0.1, 0.15) is 28.8 Å². The molecule has 1 aliphatic rings. The zero-order valence-corrected chi connectivity index (χ0v) is 12.6. The van der Waals surface area contributed by atoms with E-state index in [1.165, 1.54) is 0 Å². The van der Waals surface area contributed by atoms with Gasteiger partial charge in [0.25, 0.3) is 5.91 Å². The van der Waals surface area contributed by atoms with E-state index in [0.717, 1.165) is 5.56 Å². The third-order valence-corrected chi connectivity index (χ3v) is 4.13. The van der Waals surface area contributed by atoms with Gasteiger partial charge in [0.15, 0.2) is 0 Å². The fourth-order valence-corrected chi connectivity index (χ4v) is 2.54. The van der Waals surface area contributed by atoms with Crippen LogP contribution in [0.15, 0.2) is 18.2 Å². The smallest absolute Gasteiger partial charge is 0.253 e. The van der Waals surface area contributed by atoms with Gasteiger partial charge in [-0.3, -0.25) is 4.79 Å². The summed E-state index contributed by atoms with van der Waals surface area (Å²) in [6.45, 7) is 3.26. The van der Waals surface area contributed by atoms with E-state index in [2.05, 4.69) is 0 Å². The highest BCUT2D eigenvalue weighted by Gasteiger charge is 2.32. The topological polar surface area (TPSA) is 49.8 Å². The van der Waals surface area contributed by atoms with Crippen molar-refractivity contribution in [2.45, 2.75) is 25.4 Å². The van der Waals surface area contributed by atoms with E-state index in [9.17, 15) is 9.90 Å². The summed E-state index contributed by atoms with van der Waals surface area (Å²) in [4.78, 5) is 13.9. The van der Waals surface area contributed by atoms with Crippen molar-refractivity contribution in [3.63, 3.8) is 0 Å². The number of carbonyl (C=O) groups is 1. The van der Waals surface area contributed by atoms with Crippen LogP contribution < -0.4 is 0 Å². The van der Waals surface area contributed by atoms with Crippen LogP contribution in [0.5, 0.6) is 0 Å². The molecule has 1 saturated heterocycles. The highest BCUT2D eigenvalue weighted by molar-refractivity contribution is 6.31. The number of aryl methyl sites for hydroxylation is 1. The molecule has 1 aromatic rings. The van der Waals surface area contributed by atoms with Gasteiger partial charge in [-0.05, 0) is 30.7 Å². The molecule has 0 unspecified atom stereocenters. The van der Waals surface area contributed by atoms with Crippen LogP contribution >= 0.6 is 11.6 Å². The summed E-state index contributed by atoms with van der Waals surface area (Å²) in [5.41, 5.74) is 0.616. The summed E-state index contributed by atoms with van der Waals surface area (Å²) >= 11 is 5.96. The first-order chi connectivity index (χ1) is 9.41. The van der Waals surface area contributed by atoms with Crippen molar-refractivity contribution in [1.82, 2.24) is 4.90 Å². The lowest BCUT2D eigenvalue weighted by Gasteiger charge is -2.35. The Kier molecular flexibility index (Phi) is 4.68. The van der Waals surface area contributed by atoms with E-state index in [4.69, 9.17) is 16.3 Å². The predicted molar refractivity (Wildman–Crippen MR) is 78.2 cm³/mol. The Hall–Kier alpha value is -1.10. The first-order valence-electron chi connectivity index (χ1n) is 6.73. The number of carbonyl (C=O) groups excluding carboxylic acids is 1. The summed E-state index contributed by atoms with van der Waals surface area (Å²) in [5.74, 6) is -0.107. The lowest BCUT2D eigenvalue weighted by atomic mass is 9.93. The molecule has 1 heterocycles. The maximum absolute atomic E-state index is 12.4. The summed E-state index contributed by atoms with van der Waals surface area (Å²) in [7, 11) is 1.71. The Morgan fingerprint density at radius 3 is 2.70 bits per heavy atom. The minimum absolute atomic E-state index is 0.107. The number of halogens is 1. The lowest BCUT2D eigenvalue weighted by molar-refractivity contribution is -0.0734. The Balaban J connectivity index is 2.06. The second kappa shape index (κ2) is 6.12. The van der Waals surface area contributed by atoms with Gasteiger partial charge >= 0.3 is 0 Å². The van der Waals surface area contributed by atoms with Gasteiger partial charge in [0.2, 0.25) is 0 Å². The molecule has 2 rings (SSSR count). The van der Waals surface area contributed by atoms with Gasteiger partial charge in [0.1, 0.15) is 0 Å². The Labute approximate surface area is 124 Å². The zero-order chi connectivity index (χ0) is 14.8. The largest absolute Gasteiger partial charge is 0.388 e. The van der Waals surface area contributed by atoms with E-state index in [1.807, 2.05) is 6.92 Å². The molecule has 20 heavy (non-hydrogen) atoms. The number of hydrogen-bond acceptors (Lipinski definition) is 3. The maximum Gasteiger partial charge on any atom is 0.253 e. The molecule has 1 fully saturated rings. The summed E-state index contributed by atoms with van der Waals surface area (Å²) in [6, 6.07) is 5.21. The molecule has 1 amide bonds. The van der Waals surface area contributed by atoms with E-state index in [0.29, 0.717) is 43.2 Å². The normalized spacial score (nSPS) is 17.8. The number of likely N-dealkylation sites (N-methyl/N-ethyl adjacent to an activating group) is 1. The van der Waals surface area contributed by atoms with Gasteiger partial charge in [-0.15, -0.1) is 0 Å². The Morgan fingerprint density at radius 1 is 1.45 bits per heavy atom. The van der Waals surface area contributed by atoms with Crippen LogP contribution in [0, 0.1) is 6.92 Å². The van der Waals surface area contributed by atoms with E-state index in [1.54, 1.807) is 30.1 Å². The van der Waals surface area contributed by atoms with Crippen LogP contribution in [0.4, 0.5) is 0 Å². The van der Waals surface area contributed by atoms with Crippen LogP contribution in [0.2, 0.25) is 5.02 Å². The summed E-state index contributed by atoms with van der Waals surface area (Å²) in [6.07, 6.45) is 1.12.